The van der Waals surface area contributed by atoms with Crippen LogP contribution in [0.1, 0.15) is 23.7 Å². The summed E-state index contributed by atoms with van der Waals surface area (Å²) in [6, 6.07) is 11.3. The molecule has 0 unspecified atom stereocenters. The Kier molecular flexibility index (Phi) is 5.46. The van der Waals surface area contributed by atoms with Gasteiger partial charge in [0.25, 0.3) is 0 Å². The molecule has 1 heterocycles. The van der Waals surface area contributed by atoms with Crippen LogP contribution in [-0.2, 0) is 9.59 Å². The number of hydrogen-bond donors (Lipinski definition) is 0. The largest absolute Gasteiger partial charge is 0.495 e. The van der Waals surface area contributed by atoms with Gasteiger partial charge in [-0.05, 0) is 49.4 Å². The van der Waals surface area contributed by atoms with Gasteiger partial charge < -0.3 is 14.4 Å². The number of carbonyl (C=O) groups excluding carboxylic acids is 3. The fourth-order valence-electron chi connectivity index (χ4n) is 2.93. The molecule has 7 heteroatoms. The van der Waals surface area contributed by atoms with Crippen molar-refractivity contribution in [3.63, 3.8) is 0 Å². The molecule has 1 fully saturated rings. The highest BCUT2D eigenvalue weighted by atomic mass is 35.5. The number of ether oxygens (including phenoxy) is 2. The molecule has 6 nitrogen and oxygen atoms in total. The number of hydrogen-bond acceptors (Lipinski definition) is 5. The molecule has 0 saturated carbocycles. The van der Waals surface area contributed by atoms with Gasteiger partial charge in [-0.3, -0.25) is 14.4 Å². The minimum atomic E-state index is -0.603. The Hall–Kier alpha value is -2.86. The molecule has 1 saturated heterocycles. The van der Waals surface area contributed by atoms with E-state index in [2.05, 4.69) is 0 Å². The first-order valence-corrected chi connectivity index (χ1v) is 8.73. The van der Waals surface area contributed by atoms with Gasteiger partial charge in [-0.15, -0.1) is 0 Å². The number of amides is 1. The highest BCUT2D eigenvalue weighted by Crippen LogP contribution is 2.35. The van der Waals surface area contributed by atoms with Crippen molar-refractivity contribution >= 4 is 34.9 Å². The van der Waals surface area contributed by atoms with E-state index in [0.717, 1.165) is 0 Å². The van der Waals surface area contributed by atoms with Crippen LogP contribution in [0.4, 0.5) is 5.69 Å². The van der Waals surface area contributed by atoms with Gasteiger partial charge in [0, 0.05) is 23.6 Å². The Morgan fingerprint density at radius 3 is 2.48 bits per heavy atom. The molecule has 1 aliphatic heterocycles. The molecule has 27 heavy (non-hydrogen) atoms. The third-order valence-corrected chi connectivity index (χ3v) is 4.60. The van der Waals surface area contributed by atoms with Gasteiger partial charge in [0.1, 0.15) is 11.5 Å². The van der Waals surface area contributed by atoms with Crippen LogP contribution >= 0.6 is 11.6 Å². The van der Waals surface area contributed by atoms with E-state index in [-0.39, 0.29) is 24.7 Å². The molecule has 0 N–H and O–H groups in total. The Morgan fingerprint density at radius 2 is 1.85 bits per heavy atom. The zero-order valence-corrected chi connectivity index (χ0v) is 15.7. The predicted molar refractivity (Wildman–Crippen MR) is 101 cm³/mol. The van der Waals surface area contributed by atoms with E-state index in [1.54, 1.807) is 42.5 Å². The first kappa shape index (κ1) is 18.9. The van der Waals surface area contributed by atoms with Crippen LogP contribution in [-0.4, -0.2) is 31.3 Å². The number of nitrogens with zero attached hydrogens (tertiary/aromatic N) is 1. The zero-order valence-electron chi connectivity index (χ0n) is 14.9. The maximum Gasteiger partial charge on any atom is 0.316 e. The average molecular weight is 388 g/mol. The highest BCUT2D eigenvalue weighted by Gasteiger charge is 2.37. The molecule has 2 aromatic rings. The van der Waals surface area contributed by atoms with Gasteiger partial charge in [-0.25, -0.2) is 0 Å². The van der Waals surface area contributed by atoms with Crippen molar-refractivity contribution in [2.24, 2.45) is 5.92 Å². The standard InChI is InChI=1S/C20H18ClNO5/c1-12(23)13-3-6-16(7-4-13)27-20(25)14-9-19(24)22(11-14)17-10-15(21)5-8-18(17)26-2/h3-8,10,14H,9,11H2,1-2H3/t14-/m0/s1. The van der Waals surface area contributed by atoms with Gasteiger partial charge in [-0.1, -0.05) is 11.6 Å². The first-order valence-electron chi connectivity index (χ1n) is 8.35. The lowest BCUT2D eigenvalue weighted by Crippen LogP contribution is -2.27. The monoisotopic (exact) mass is 387 g/mol. The van der Waals surface area contributed by atoms with Crippen molar-refractivity contribution in [3.8, 4) is 11.5 Å². The highest BCUT2D eigenvalue weighted by molar-refractivity contribution is 6.31. The SMILES string of the molecule is COc1ccc(Cl)cc1N1C[C@@H](C(=O)Oc2ccc(C(C)=O)cc2)CC1=O. The summed E-state index contributed by atoms with van der Waals surface area (Å²) in [5.41, 5.74) is 1.06. The molecular formula is C20H18ClNO5. The molecule has 3 rings (SSSR count). The van der Waals surface area contributed by atoms with E-state index in [0.29, 0.717) is 27.8 Å². The Morgan fingerprint density at radius 1 is 1.15 bits per heavy atom. The number of methoxy groups -OCH3 is 1. The molecule has 1 atom stereocenters. The van der Waals surface area contributed by atoms with Crippen LogP contribution in [0.25, 0.3) is 0 Å². The molecule has 1 amide bonds. The molecule has 0 spiro atoms. The summed E-state index contributed by atoms with van der Waals surface area (Å²) >= 11 is 6.03. The average Bonchev–Trinajstić information content (AvgIpc) is 3.04. The van der Waals surface area contributed by atoms with E-state index < -0.39 is 11.9 Å². The summed E-state index contributed by atoms with van der Waals surface area (Å²) in [5.74, 6) is -0.543. The van der Waals surface area contributed by atoms with Crippen molar-refractivity contribution in [3.05, 3.63) is 53.1 Å². The van der Waals surface area contributed by atoms with E-state index >= 15 is 0 Å². The topological polar surface area (TPSA) is 72.9 Å². The number of esters is 1. The summed E-state index contributed by atoms with van der Waals surface area (Å²) in [7, 11) is 1.50. The van der Waals surface area contributed by atoms with Gasteiger partial charge in [0.05, 0.1) is 18.7 Å². The number of rotatable bonds is 5. The lowest BCUT2D eigenvalue weighted by Gasteiger charge is -2.19. The second kappa shape index (κ2) is 7.80. The van der Waals surface area contributed by atoms with Crippen LogP contribution in [0.2, 0.25) is 5.02 Å². The van der Waals surface area contributed by atoms with Gasteiger partial charge in [0.2, 0.25) is 5.91 Å². The molecule has 0 aromatic heterocycles. The summed E-state index contributed by atoms with van der Waals surface area (Å²) in [6.07, 6.45) is 0.0417. The second-order valence-corrected chi connectivity index (χ2v) is 6.66. The third kappa shape index (κ3) is 4.11. The maximum atomic E-state index is 12.5. The van der Waals surface area contributed by atoms with Gasteiger partial charge in [0.15, 0.2) is 5.78 Å². The molecule has 0 aliphatic carbocycles. The van der Waals surface area contributed by atoms with E-state index in [9.17, 15) is 14.4 Å². The first-order chi connectivity index (χ1) is 12.9. The fraction of sp³-hybridized carbons (Fsp3) is 0.250. The molecule has 140 valence electrons. The van der Waals surface area contributed by atoms with Gasteiger partial charge in [-0.2, -0.15) is 0 Å². The number of carbonyl (C=O) groups is 3. The van der Waals surface area contributed by atoms with Crippen molar-refractivity contribution in [2.45, 2.75) is 13.3 Å². The maximum absolute atomic E-state index is 12.5. The van der Waals surface area contributed by atoms with Crippen molar-refractivity contribution < 1.29 is 23.9 Å². The number of ketones is 1. The fourth-order valence-corrected chi connectivity index (χ4v) is 3.10. The van der Waals surface area contributed by atoms with E-state index in [4.69, 9.17) is 21.1 Å². The quantitative estimate of drug-likeness (QED) is 0.446. The lowest BCUT2D eigenvalue weighted by molar-refractivity contribution is -0.139. The smallest absolute Gasteiger partial charge is 0.316 e. The zero-order chi connectivity index (χ0) is 19.6. The van der Waals surface area contributed by atoms with Crippen LogP contribution in [0.5, 0.6) is 11.5 Å². The van der Waals surface area contributed by atoms with Crippen LogP contribution in [0.15, 0.2) is 42.5 Å². The molecule has 0 bridgehead atoms. The molecule has 2 aromatic carbocycles. The minimum Gasteiger partial charge on any atom is -0.495 e. The molecule has 0 radical (unpaired) electrons. The number of benzene rings is 2. The van der Waals surface area contributed by atoms with Crippen molar-refractivity contribution in [2.75, 3.05) is 18.6 Å². The van der Waals surface area contributed by atoms with E-state index in [1.165, 1.54) is 18.9 Å². The van der Waals surface area contributed by atoms with Crippen LogP contribution < -0.4 is 14.4 Å². The number of anilines is 1. The summed E-state index contributed by atoms with van der Waals surface area (Å²) in [4.78, 5) is 37.7. The van der Waals surface area contributed by atoms with Crippen molar-refractivity contribution in [1.29, 1.82) is 0 Å². The van der Waals surface area contributed by atoms with Crippen LogP contribution in [0, 0.1) is 5.92 Å². The molecule has 1 aliphatic rings. The summed E-state index contributed by atoms with van der Waals surface area (Å²) < 4.78 is 10.6. The van der Waals surface area contributed by atoms with E-state index in [1.807, 2.05) is 0 Å². The summed E-state index contributed by atoms with van der Waals surface area (Å²) in [5, 5.41) is 0.468. The Labute approximate surface area is 161 Å². The third-order valence-electron chi connectivity index (χ3n) is 4.37. The Balaban J connectivity index is 1.72. The number of Topliss-reactive ketones (excluding diaryl/α,β-unsaturated/α-hetero) is 1. The summed E-state index contributed by atoms with van der Waals surface area (Å²) in [6.45, 7) is 1.64. The molecular weight excluding hydrogens is 370 g/mol. The predicted octanol–water partition coefficient (Wildman–Crippen LogP) is 3.51. The normalized spacial score (nSPS) is 16.3. The van der Waals surface area contributed by atoms with Crippen LogP contribution in [0.3, 0.4) is 0 Å². The Bertz CT molecular complexity index is 894. The van der Waals surface area contributed by atoms with Crippen molar-refractivity contribution in [1.82, 2.24) is 0 Å². The number of halogens is 1. The van der Waals surface area contributed by atoms with Gasteiger partial charge >= 0.3 is 5.97 Å². The second-order valence-electron chi connectivity index (χ2n) is 6.22. The lowest BCUT2D eigenvalue weighted by atomic mass is 10.1. The minimum absolute atomic E-state index is 0.0417.